The van der Waals surface area contributed by atoms with Crippen molar-refractivity contribution in [1.82, 2.24) is 14.7 Å². The highest BCUT2D eigenvalue weighted by molar-refractivity contribution is 5.84. The quantitative estimate of drug-likeness (QED) is 0.619. The fraction of sp³-hybridized carbons (Fsp3) is 0.423. The van der Waals surface area contributed by atoms with Crippen molar-refractivity contribution in [2.24, 2.45) is 5.92 Å². The molecule has 2 aromatic carbocycles. The molecule has 3 aromatic rings. The monoisotopic (exact) mass is 431 g/mol. The molecule has 1 aromatic heterocycles. The summed E-state index contributed by atoms with van der Waals surface area (Å²) in [6.07, 6.45) is 6.01. The Hall–Kier alpha value is -3.15. The number of amides is 1. The van der Waals surface area contributed by atoms with E-state index >= 15 is 0 Å². The molecule has 0 radical (unpaired) electrons. The molecule has 6 nitrogen and oxygen atoms in total. The van der Waals surface area contributed by atoms with Crippen LogP contribution in [0.5, 0.6) is 5.75 Å². The summed E-state index contributed by atoms with van der Waals surface area (Å²) in [5.41, 5.74) is 2.23. The van der Waals surface area contributed by atoms with Crippen LogP contribution >= 0.6 is 0 Å². The third kappa shape index (κ3) is 4.54. The van der Waals surface area contributed by atoms with Crippen LogP contribution in [0.3, 0.4) is 0 Å². The van der Waals surface area contributed by atoms with Crippen LogP contribution in [0.15, 0.2) is 53.3 Å². The summed E-state index contributed by atoms with van der Waals surface area (Å²) < 4.78 is 7.42. The van der Waals surface area contributed by atoms with Gasteiger partial charge in [0.15, 0.2) is 6.61 Å². The molecule has 0 bridgehead atoms. The van der Waals surface area contributed by atoms with Gasteiger partial charge in [0.25, 0.3) is 11.5 Å². The zero-order chi connectivity index (χ0) is 21.9. The number of carbonyl (C=O) groups excluding carboxylic acids is 1. The first-order valence-corrected chi connectivity index (χ1v) is 11.6. The van der Waals surface area contributed by atoms with E-state index in [1.54, 1.807) is 10.7 Å². The van der Waals surface area contributed by atoms with Gasteiger partial charge in [-0.1, -0.05) is 30.3 Å². The Balaban J connectivity index is 1.13. The number of hydrogen-bond donors (Lipinski definition) is 0. The minimum atomic E-state index is 0.00735. The minimum absolute atomic E-state index is 0.00735. The third-order valence-corrected chi connectivity index (χ3v) is 6.76. The minimum Gasteiger partial charge on any atom is -0.484 e. The van der Waals surface area contributed by atoms with Gasteiger partial charge in [-0.05, 0) is 72.9 Å². The number of fused-ring (bicyclic) bond motifs is 2. The number of aromatic nitrogens is 2. The molecule has 0 N–H and O–H groups in total. The molecule has 0 spiro atoms. The number of rotatable bonds is 5. The smallest absolute Gasteiger partial charge is 0.267 e. The van der Waals surface area contributed by atoms with Crippen LogP contribution in [0, 0.1) is 5.92 Å². The van der Waals surface area contributed by atoms with E-state index in [2.05, 4.69) is 11.2 Å². The summed E-state index contributed by atoms with van der Waals surface area (Å²) in [7, 11) is 0. The van der Waals surface area contributed by atoms with Gasteiger partial charge in [0.05, 0.1) is 5.69 Å². The highest BCUT2D eigenvalue weighted by atomic mass is 16.5. The first kappa shape index (κ1) is 20.7. The van der Waals surface area contributed by atoms with Gasteiger partial charge in [0, 0.05) is 25.7 Å². The van der Waals surface area contributed by atoms with Gasteiger partial charge in [-0.3, -0.25) is 9.59 Å². The maximum absolute atomic E-state index is 12.6. The Bertz CT molecular complexity index is 1180. The van der Waals surface area contributed by atoms with Crippen LogP contribution in [-0.2, 0) is 24.2 Å². The zero-order valence-corrected chi connectivity index (χ0v) is 18.3. The predicted molar refractivity (Wildman–Crippen MR) is 124 cm³/mol. The number of ether oxygens (including phenoxy) is 1. The van der Waals surface area contributed by atoms with Crippen LogP contribution < -0.4 is 10.3 Å². The summed E-state index contributed by atoms with van der Waals surface area (Å²) >= 11 is 0. The number of piperidine rings is 1. The Morgan fingerprint density at radius 1 is 1.00 bits per heavy atom. The van der Waals surface area contributed by atoms with E-state index in [1.807, 2.05) is 41.3 Å². The van der Waals surface area contributed by atoms with Crippen LogP contribution in [0.1, 0.15) is 36.9 Å². The first-order chi connectivity index (χ1) is 15.7. The predicted octanol–water partition coefficient (Wildman–Crippen LogP) is 3.59. The lowest BCUT2D eigenvalue weighted by molar-refractivity contribution is -0.134. The highest BCUT2D eigenvalue weighted by Gasteiger charge is 2.24. The fourth-order valence-electron chi connectivity index (χ4n) is 4.83. The van der Waals surface area contributed by atoms with E-state index in [1.165, 1.54) is 0 Å². The van der Waals surface area contributed by atoms with Gasteiger partial charge in [-0.2, -0.15) is 5.10 Å². The molecule has 1 amide bonds. The second kappa shape index (κ2) is 9.15. The summed E-state index contributed by atoms with van der Waals surface area (Å²) in [6.45, 7) is 2.09. The van der Waals surface area contributed by atoms with Crippen molar-refractivity contribution in [1.29, 1.82) is 0 Å². The van der Waals surface area contributed by atoms with Crippen molar-refractivity contribution in [2.45, 2.75) is 45.1 Å². The molecule has 0 atom stereocenters. The summed E-state index contributed by atoms with van der Waals surface area (Å²) in [5, 5.41) is 6.90. The van der Waals surface area contributed by atoms with Gasteiger partial charge in [0.2, 0.25) is 0 Å². The second-order valence-electron chi connectivity index (χ2n) is 8.97. The molecule has 1 aliphatic heterocycles. The number of hydrogen-bond acceptors (Lipinski definition) is 4. The van der Waals surface area contributed by atoms with Gasteiger partial charge in [0.1, 0.15) is 5.75 Å². The van der Waals surface area contributed by atoms with E-state index in [4.69, 9.17) is 4.74 Å². The van der Waals surface area contributed by atoms with Crippen LogP contribution in [0.4, 0.5) is 0 Å². The normalized spacial score (nSPS) is 16.7. The molecular weight excluding hydrogens is 402 g/mol. The van der Waals surface area contributed by atoms with E-state index in [0.717, 1.165) is 60.6 Å². The van der Waals surface area contributed by atoms with Gasteiger partial charge < -0.3 is 9.64 Å². The number of carbonyl (C=O) groups is 1. The molecule has 5 rings (SSSR count). The molecule has 2 aliphatic rings. The second-order valence-corrected chi connectivity index (χ2v) is 8.97. The average Bonchev–Trinajstić information content (AvgIpc) is 2.83. The first-order valence-electron chi connectivity index (χ1n) is 11.6. The molecule has 2 heterocycles. The Morgan fingerprint density at radius 3 is 2.62 bits per heavy atom. The number of likely N-dealkylation sites (tertiary alicyclic amines) is 1. The van der Waals surface area contributed by atoms with Crippen molar-refractivity contribution in [3.8, 4) is 5.75 Å². The lowest BCUT2D eigenvalue weighted by atomic mass is 9.96. The van der Waals surface area contributed by atoms with E-state index < -0.39 is 0 Å². The lowest BCUT2D eigenvalue weighted by Gasteiger charge is -2.32. The Kier molecular flexibility index (Phi) is 5.93. The molecular formula is C26H29N3O3. The fourth-order valence-corrected chi connectivity index (χ4v) is 4.83. The number of aryl methyl sites for hydroxylation is 2. The van der Waals surface area contributed by atoms with Crippen molar-refractivity contribution in [3.05, 3.63) is 70.1 Å². The van der Waals surface area contributed by atoms with Gasteiger partial charge >= 0.3 is 0 Å². The molecule has 166 valence electrons. The number of nitrogens with zero attached hydrogens (tertiary/aromatic N) is 3. The zero-order valence-electron chi connectivity index (χ0n) is 18.3. The SMILES string of the molecule is O=C(COc1ccc2ccccc2c1)N1CCC(Cn2nc3c(cc2=O)CCCC3)CC1. The molecule has 1 fully saturated rings. The number of benzene rings is 2. The Labute approximate surface area is 187 Å². The van der Waals surface area contributed by atoms with E-state index in [0.29, 0.717) is 31.3 Å². The standard InChI is InChI=1S/C26H29N3O3/c30-25-16-22-7-3-4-8-24(22)27-29(25)17-19-11-13-28(14-12-19)26(31)18-32-23-10-9-20-5-1-2-6-21(20)15-23/h1-2,5-6,9-10,15-16,19H,3-4,7-8,11-14,17-18H2. The average molecular weight is 432 g/mol. The van der Waals surface area contributed by atoms with Crippen LogP contribution in [0.2, 0.25) is 0 Å². The lowest BCUT2D eigenvalue weighted by Crippen LogP contribution is -2.42. The van der Waals surface area contributed by atoms with E-state index in [-0.39, 0.29) is 18.1 Å². The molecule has 0 unspecified atom stereocenters. The largest absolute Gasteiger partial charge is 0.484 e. The summed E-state index contributed by atoms with van der Waals surface area (Å²) in [5.74, 6) is 1.10. The molecule has 1 aliphatic carbocycles. The topological polar surface area (TPSA) is 64.4 Å². The summed E-state index contributed by atoms with van der Waals surface area (Å²) in [4.78, 5) is 27.0. The van der Waals surface area contributed by atoms with Gasteiger partial charge in [-0.25, -0.2) is 4.68 Å². The highest BCUT2D eigenvalue weighted by Crippen LogP contribution is 2.22. The molecule has 1 saturated heterocycles. The van der Waals surface area contributed by atoms with Gasteiger partial charge in [-0.15, -0.1) is 0 Å². The Morgan fingerprint density at radius 2 is 1.78 bits per heavy atom. The van der Waals surface area contributed by atoms with Crippen molar-refractivity contribution >= 4 is 16.7 Å². The molecule has 0 saturated carbocycles. The van der Waals surface area contributed by atoms with Crippen LogP contribution in [0.25, 0.3) is 10.8 Å². The van der Waals surface area contributed by atoms with Crippen molar-refractivity contribution in [2.75, 3.05) is 19.7 Å². The maximum Gasteiger partial charge on any atom is 0.267 e. The van der Waals surface area contributed by atoms with Crippen LogP contribution in [-0.4, -0.2) is 40.3 Å². The maximum atomic E-state index is 12.6. The molecule has 32 heavy (non-hydrogen) atoms. The van der Waals surface area contributed by atoms with Crippen molar-refractivity contribution < 1.29 is 9.53 Å². The third-order valence-electron chi connectivity index (χ3n) is 6.76. The van der Waals surface area contributed by atoms with E-state index in [9.17, 15) is 9.59 Å². The van der Waals surface area contributed by atoms with Crippen molar-refractivity contribution in [3.63, 3.8) is 0 Å². The summed E-state index contributed by atoms with van der Waals surface area (Å²) in [6, 6.07) is 15.8. The molecule has 6 heteroatoms.